The maximum absolute atomic E-state index is 12.3. The highest BCUT2D eigenvalue weighted by molar-refractivity contribution is 5.77. The van der Waals surface area contributed by atoms with Gasteiger partial charge >= 0.3 is 0 Å². The van der Waals surface area contributed by atoms with Crippen molar-refractivity contribution in [1.29, 1.82) is 0 Å². The molecule has 0 saturated heterocycles. The molecule has 4 N–H and O–H groups in total. The van der Waals surface area contributed by atoms with Crippen LogP contribution in [-0.2, 0) is 4.79 Å². The van der Waals surface area contributed by atoms with Crippen LogP contribution in [0.2, 0.25) is 0 Å². The first-order valence-corrected chi connectivity index (χ1v) is 8.19. The zero-order chi connectivity index (χ0) is 15.0. The molecule has 1 amide bonds. The highest BCUT2D eigenvalue weighted by Gasteiger charge is 2.60. The topological polar surface area (TPSA) is 50.2 Å². The van der Waals surface area contributed by atoms with Gasteiger partial charge in [0.05, 0.1) is 14.1 Å². The molecule has 2 rings (SSSR count). The minimum absolute atomic E-state index is 0.00631. The van der Waals surface area contributed by atoms with Gasteiger partial charge in [-0.1, -0.05) is 13.8 Å². The summed E-state index contributed by atoms with van der Waals surface area (Å²) in [6, 6.07) is 0. The summed E-state index contributed by atoms with van der Waals surface area (Å²) in [4.78, 5) is 13.7. The van der Waals surface area contributed by atoms with Gasteiger partial charge in [0.1, 0.15) is 13.1 Å². The summed E-state index contributed by atoms with van der Waals surface area (Å²) in [5.41, 5.74) is 0.229. The zero-order valence-electron chi connectivity index (χ0n) is 13.9. The molecule has 20 heavy (non-hydrogen) atoms. The number of quaternary nitrogens is 2. The fourth-order valence-corrected chi connectivity index (χ4v) is 4.34. The molecule has 0 radical (unpaired) electrons. The van der Waals surface area contributed by atoms with Gasteiger partial charge in [-0.3, -0.25) is 4.79 Å². The Morgan fingerprint density at radius 2 is 1.90 bits per heavy atom. The number of nitrogens with two attached hydrogens (primary N) is 1. The van der Waals surface area contributed by atoms with Crippen molar-refractivity contribution in [2.45, 2.75) is 45.6 Å². The lowest BCUT2D eigenvalue weighted by Crippen LogP contribution is -3.09. The van der Waals surface area contributed by atoms with E-state index in [1.165, 1.54) is 24.2 Å². The highest BCUT2D eigenvalue weighted by Crippen LogP contribution is 2.61. The van der Waals surface area contributed by atoms with Crippen LogP contribution in [0, 0.1) is 17.3 Å². The zero-order valence-corrected chi connectivity index (χ0v) is 13.9. The first-order valence-electron chi connectivity index (χ1n) is 8.19. The monoisotopic (exact) mass is 283 g/mol. The molecule has 2 aliphatic rings. The Morgan fingerprint density at radius 3 is 2.45 bits per heavy atom. The molecule has 2 bridgehead atoms. The van der Waals surface area contributed by atoms with Crippen molar-refractivity contribution >= 4 is 5.91 Å². The average molecular weight is 283 g/mol. The SMILES string of the molecule is C[NH+](C)CC[NH2+]CC(=O)N[C@]1(C)[C@H]2CC[C@@H](C2)C1(C)C. The van der Waals surface area contributed by atoms with E-state index in [4.69, 9.17) is 0 Å². The molecule has 0 aromatic heterocycles. The lowest BCUT2D eigenvalue weighted by Gasteiger charge is -2.48. The Morgan fingerprint density at radius 1 is 1.25 bits per heavy atom. The smallest absolute Gasteiger partial charge is 0.275 e. The summed E-state index contributed by atoms with van der Waals surface area (Å²) in [6.45, 7) is 9.64. The van der Waals surface area contributed by atoms with E-state index < -0.39 is 0 Å². The van der Waals surface area contributed by atoms with Crippen molar-refractivity contribution in [3.8, 4) is 0 Å². The molecule has 2 fully saturated rings. The molecule has 4 nitrogen and oxygen atoms in total. The van der Waals surface area contributed by atoms with Gasteiger partial charge in [0.2, 0.25) is 0 Å². The van der Waals surface area contributed by atoms with E-state index in [0.717, 1.165) is 19.0 Å². The lowest BCUT2D eigenvalue weighted by atomic mass is 9.64. The number of hydrogen-bond acceptors (Lipinski definition) is 1. The van der Waals surface area contributed by atoms with Gasteiger partial charge in [0.25, 0.3) is 5.91 Å². The number of carbonyl (C=O) groups excluding carboxylic acids is 1. The number of likely N-dealkylation sites (N-methyl/N-ethyl adjacent to an activating group) is 1. The standard InChI is InChI=1S/C16H31N3O/c1-15(2)12-6-7-13(10-12)16(15,3)18-14(20)11-17-8-9-19(4)5/h12-13,17H,6-11H2,1-5H3,(H,18,20)/p+2/t12-,13-,16+/m0/s1. The normalized spacial score (nSPS) is 34.7. The van der Waals surface area contributed by atoms with Crippen LogP contribution in [0.1, 0.15) is 40.0 Å². The molecule has 2 saturated carbocycles. The third-order valence-electron chi connectivity index (χ3n) is 6.19. The van der Waals surface area contributed by atoms with Gasteiger partial charge in [0, 0.05) is 5.54 Å². The number of amides is 1. The molecule has 2 aliphatic carbocycles. The van der Waals surface area contributed by atoms with Crippen molar-refractivity contribution in [2.24, 2.45) is 17.3 Å². The van der Waals surface area contributed by atoms with Crippen LogP contribution < -0.4 is 15.5 Å². The van der Waals surface area contributed by atoms with Crippen molar-refractivity contribution in [2.75, 3.05) is 33.7 Å². The minimum atomic E-state index is -0.00631. The summed E-state index contributed by atoms with van der Waals surface area (Å²) in [5.74, 6) is 1.68. The van der Waals surface area contributed by atoms with E-state index >= 15 is 0 Å². The Labute approximate surface area is 123 Å². The van der Waals surface area contributed by atoms with Crippen molar-refractivity contribution < 1.29 is 15.0 Å². The fraction of sp³-hybridized carbons (Fsp3) is 0.938. The summed E-state index contributed by atoms with van der Waals surface area (Å²) in [6.07, 6.45) is 3.94. The number of hydrogen-bond donors (Lipinski definition) is 3. The largest absolute Gasteiger partial charge is 0.345 e. The van der Waals surface area contributed by atoms with Gasteiger partial charge < -0.3 is 15.5 Å². The molecule has 3 atom stereocenters. The third-order valence-corrected chi connectivity index (χ3v) is 6.19. The second-order valence-corrected chi connectivity index (χ2v) is 7.92. The van der Waals surface area contributed by atoms with Crippen LogP contribution in [0.15, 0.2) is 0 Å². The van der Waals surface area contributed by atoms with Crippen LogP contribution in [0.3, 0.4) is 0 Å². The van der Waals surface area contributed by atoms with E-state index in [1.807, 2.05) is 0 Å². The first-order chi connectivity index (χ1) is 9.27. The maximum atomic E-state index is 12.3. The summed E-state index contributed by atoms with van der Waals surface area (Å²) >= 11 is 0. The molecule has 0 heterocycles. The Kier molecular flexibility index (Phi) is 4.45. The van der Waals surface area contributed by atoms with Gasteiger partial charge in [-0.05, 0) is 43.4 Å². The molecule has 4 heteroatoms. The van der Waals surface area contributed by atoms with Gasteiger partial charge in [-0.15, -0.1) is 0 Å². The van der Waals surface area contributed by atoms with Crippen molar-refractivity contribution in [3.05, 3.63) is 0 Å². The Hall–Kier alpha value is -0.610. The molecular weight excluding hydrogens is 250 g/mol. The molecule has 116 valence electrons. The van der Waals surface area contributed by atoms with E-state index in [1.54, 1.807) is 0 Å². The van der Waals surface area contributed by atoms with E-state index in [0.29, 0.717) is 12.5 Å². The van der Waals surface area contributed by atoms with Crippen LogP contribution in [0.5, 0.6) is 0 Å². The second kappa shape index (κ2) is 5.64. The van der Waals surface area contributed by atoms with E-state index in [9.17, 15) is 4.79 Å². The molecule has 0 spiro atoms. The number of carbonyl (C=O) groups is 1. The van der Waals surface area contributed by atoms with Crippen LogP contribution >= 0.6 is 0 Å². The maximum Gasteiger partial charge on any atom is 0.275 e. The highest BCUT2D eigenvalue weighted by atomic mass is 16.2. The predicted octanol–water partition coefficient (Wildman–Crippen LogP) is -0.975. The predicted molar refractivity (Wildman–Crippen MR) is 80.5 cm³/mol. The van der Waals surface area contributed by atoms with Crippen molar-refractivity contribution in [3.63, 3.8) is 0 Å². The Balaban J connectivity index is 1.84. The second-order valence-electron chi connectivity index (χ2n) is 7.92. The van der Waals surface area contributed by atoms with Crippen molar-refractivity contribution in [1.82, 2.24) is 5.32 Å². The van der Waals surface area contributed by atoms with E-state index in [2.05, 4.69) is 45.5 Å². The lowest BCUT2D eigenvalue weighted by molar-refractivity contribution is -0.873. The van der Waals surface area contributed by atoms with Gasteiger partial charge in [0.15, 0.2) is 6.54 Å². The fourth-order valence-electron chi connectivity index (χ4n) is 4.34. The Bertz CT molecular complexity index is 367. The first kappa shape index (κ1) is 15.8. The average Bonchev–Trinajstić information content (AvgIpc) is 2.89. The summed E-state index contributed by atoms with van der Waals surface area (Å²) in [5, 5.41) is 5.52. The summed E-state index contributed by atoms with van der Waals surface area (Å²) in [7, 11) is 4.29. The summed E-state index contributed by atoms with van der Waals surface area (Å²) < 4.78 is 0. The molecule has 0 aromatic rings. The van der Waals surface area contributed by atoms with Gasteiger partial charge in [-0.2, -0.15) is 0 Å². The number of nitrogens with one attached hydrogen (secondary N) is 2. The number of rotatable bonds is 6. The van der Waals surface area contributed by atoms with Gasteiger partial charge in [-0.25, -0.2) is 0 Å². The van der Waals surface area contributed by atoms with Crippen LogP contribution in [-0.4, -0.2) is 45.2 Å². The molecule has 0 unspecified atom stereocenters. The van der Waals surface area contributed by atoms with E-state index in [-0.39, 0.29) is 16.9 Å². The number of fused-ring (bicyclic) bond motifs is 2. The van der Waals surface area contributed by atoms with Crippen LogP contribution in [0.4, 0.5) is 0 Å². The third kappa shape index (κ3) is 2.73. The molecule has 0 aliphatic heterocycles. The minimum Gasteiger partial charge on any atom is -0.345 e. The molecular formula is C16H33N3O+2. The molecule has 0 aromatic carbocycles. The van der Waals surface area contributed by atoms with Crippen LogP contribution in [0.25, 0.3) is 0 Å². The quantitative estimate of drug-likeness (QED) is 0.540.